The van der Waals surface area contributed by atoms with Gasteiger partial charge in [0.05, 0.1) is 17.3 Å². The molecule has 0 aliphatic rings. The Kier molecular flexibility index (Phi) is 8.51. The molecule has 7 nitrogen and oxygen atoms in total. The number of anilines is 1. The molecule has 0 saturated carbocycles. The lowest BCUT2D eigenvalue weighted by Crippen LogP contribution is -3.61. The van der Waals surface area contributed by atoms with Crippen molar-refractivity contribution in [2.45, 2.75) is 5.51 Å². The number of nitrogens with one attached hydrogen (secondary N) is 1. The summed E-state index contributed by atoms with van der Waals surface area (Å²) in [4.78, 5) is 17.1. The van der Waals surface area contributed by atoms with Gasteiger partial charge in [0.25, 0.3) is 5.91 Å². The summed E-state index contributed by atoms with van der Waals surface area (Å²) < 4.78 is 67.7. The molecule has 0 unspecified atom stereocenters. The molecule has 0 aliphatic heterocycles. The third-order valence-corrected chi connectivity index (χ3v) is 9.50. The number of fused-ring (bicyclic) bond motifs is 1. The number of thiophene rings is 1. The monoisotopic (exact) mass is 642 g/mol. The summed E-state index contributed by atoms with van der Waals surface area (Å²) in [6.45, 7) is 0. The van der Waals surface area contributed by atoms with Crippen molar-refractivity contribution in [3.05, 3.63) is 72.0 Å². The smallest absolute Gasteiger partial charge is 0.485 e. The molecule has 0 radical (unpaired) electrons. The van der Waals surface area contributed by atoms with Crippen LogP contribution in [0.2, 0.25) is 0 Å². The lowest BCUT2D eigenvalue weighted by atomic mass is 10.2. The van der Waals surface area contributed by atoms with Gasteiger partial charge >= 0.3 is 26.7 Å². The van der Waals surface area contributed by atoms with Gasteiger partial charge in [-0.3, -0.25) is 10.1 Å². The molecule has 0 bridgehead atoms. The number of benzene rings is 2. The van der Waals surface area contributed by atoms with E-state index in [2.05, 4.69) is 33.9 Å². The standard InChI is InChI=1S/C19H13IN2O2S2.CHF3O3S/c1-24-14-7-8-15-16(11-14)26-19(21-15)22-18(23)12-4-2-5-13(10-12)20-17-6-3-9-25-17;2-1(3,4)8(5,6)7/h2-11H,1H3;(H,5,6,7). The van der Waals surface area contributed by atoms with E-state index in [9.17, 15) is 18.0 Å². The molecule has 14 heteroatoms. The van der Waals surface area contributed by atoms with Crippen molar-refractivity contribution in [1.82, 2.24) is 4.98 Å². The van der Waals surface area contributed by atoms with Gasteiger partial charge in [0.15, 0.2) is 18.8 Å². The van der Waals surface area contributed by atoms with E-state index < -0.39 is 15.6 Å². The van der Waals surface area contributed by atoms with E-state index in [1.165, 1.54) is 17.8 Å². The Balaban J connectivity index is 0.000000350. The van der Waals surface area contributed by atoms with Crippen LogP contribution < -0.4 is 31.3 Å². The third-order valence-electron chi connectivity index (χ3n) is 3.88. The quantitative estimate of drug-likeness (QED) is 0.202. The van der Waals surface area contributed by atoms with Gasteiger partial charge in [-0.2, -0.15) is 13.2 Å². The number of carbonyl (C=O) groups is 1. The Labute approximate surface area is 210 Å². The fourth-order valence-electron chi connectivity index (χ4n) is 2.36. The molecule has 2 aromatic heterocycles. The molecule has 0 saturated heterocycles. The van der Waals surface area contributed by atoms with Gasteiger partial charge in [0.2, 0.25) is 2.88 Å². The SMILES string of the molecule is COc1ccc2nc(NC(=O)c3cccc([I+]c4cccs4)c3)sc2c1.O=S(=O)([O-])C(F)(F)F. The summed E-state index contributed by atoms with van der Waals surface area (Å²) in [5.74, 6) is 0.650. The van der Waals surface area contributed by atoms with E-state index in [1.807, 2.05) is 36.4 Å². The van der Waals surface area contributed by atoms with Crippen LogP contribution >= 0.6 is 22.7 Å². The molecule has 2 aromatic carbocycles. The number of nitrogens with zero attached hydrogens (tertiary/aromatic N) is 1. The minimum atomic E-state index is -6.09. The van der Waals surface area contributed by atoms with Gasteiger partial charge in [-0.05, 0) is 41.8 Å². The van der Waals surface area contributed by atoms with Crippen LogP contribution in [0.4, 0.5) is 18.3 Å². The van der Waals surface area contributed by atoms with Crippen molar-refractivity contribution in [2.75, 3.05) is 12.4 Å². The first-order valence-electron chi connectivity index (χ1n) is 9.03. The van der Waals surface area contributed by atoms with Crippen LogP contribution in [0.5, 0.6) is 5.75 Å². The molecule has 4 rings (SSSR count). The molecule has 0 spiro atoms. The highest BCUT2D eigenvalue weighted by molar-refractivity contribution is 7.86. The predicted molar refractivity (Wildman–Crippen MR) is 118 cm³/mol. The minimum absolute atomic E-state index is 0.131. The Morgan fingerprint density at radius 3 is 2.50 bits per heavy atom. The number of carbonyl (C=O) groups excluding carboxylic acids is 1. The molecule has 34 heavy (non-hydrogen) atoms. The lowest BCUT2D eigenvalue weighted by Gasteiger charge is -2.08. The van der Waals surface area contributed by atoms with E-state index in [0.717, 1.165) is 16.0 Å². The number of hydrogen-bond acceptors (Lipinski definition) is 8. The zero-order chi connectivity index (χ0) is 24.9. The normalized spacial score (nSPS) is 11.6. The van der Waals surface area contributed by atoms with Crippen molar-refractivity contribution in [3.63, 3.8) is 0 Å². The summed E-state index contributed by atoms with van der Waals surface area (Å²) in [7, 11) is -4.45. The zero-order valence-corrected chi connectivity index (χ0v) is 21.6. The molecule has 1 N–H and O–H groups in total. The fourth-order valence-corrected chi connectivity index (χ4v) is 7.04. The van der Waals surface area contributed by atoms with E-state index in [1.54, 1.807) is 18.4 Å². The van der Waals surface area contributed by atoms with E-state index in [0.29, 0.717) is 10.7 Å². The molecule has 0 aliphatic carbocycles. The van der Waals surface area contributed by atoms with E-state index in [-0.39, 0.29) is 27.1 Å². The largest absolute Gasteiger partial charge is 0.741 e. The number of alkyl halides is 3. The molecular weight excluding hydrogens is 628 g/mol. The maximum absolute atomic E-state index is 12.6. The highest BCUT2D eigenvalue weighted by Crippen LogP contribution is 2.29. The van der Waals surface area contributed by atoms with Gasteiger partial charge in [0, 0.05) is 17.7 Å². The fraction of sp³-hybridized carbons (Fsp3) is 0.100. The number of amides is 1. The number of methoxy groups -OCH3 is 1. The Morgan fingerprint density at radius 1 is 1.15 bits per heavy atom. The van der Waals surface area contributed by atoms with Crippen molar-refractivity contribution in [3.8, 4) is 5.75 Å². The molecule has 0 fully saturated rings. The van der Waals surface area contributed by atoms with Crippen LogP contribution in [-0.4, -0.2) is 36.5 Å². The van der Waals surface area contributed by atoms with E-state index >= 15 is 0 Å². The summed E-state index contributed by atoms with van der Waals surface area (Å²) in [5.41, 5.74) is -4.13. The number of thiazole rings is 1. The van der Waals surface area contributed by atoms with Crippen molar-refractivity contribution >= 4 is 54.0 Å². The van der Waals surface area contributed by atoms with Crippen LogP contribution in [0.25, 0.3) is 10.2 Å². The first-order valence-corrected chi connectivity index (χ1v) is 14.3. The first-order chi connectivity index (χ1) is 16.0. The number of halogens is 4. The van der Waals surface area contributed by atoms with Crippen LogP contribution in [0.15, 0.2) is 60.0 Å². The molecule has 2 heterocycles. The molecule has 4 aromatic rings. The maximum atomic E-state index is 12.6. The second-order valence-corrected chi connectivity index (χ2v) is 13.3. The second-order valence-electron chi connectivity index (χ2n) is 6.23. The van der Waals surface area contributed by atoms with Gasteiger partial charge in [0.1, 0.15) is 5.75 Å². The van der Waals surface area contributed by atoms with Gasteiger partial charge < -0.3 is 9.29 Å². The van der Waals surface area contributed by atoms with Crippen molar-refractivity contribution in [1.29, 1.82) is 0 Å². The number of aromatic nitrogens is 1. The average molecular weight is 642 g/mol. The lowest BCUT2D eigenvalue weighted by molar-refractivity contribution is -0.591. The third kappa shape index (κ3) is 7.11. The number of rotatable bonds is 5. The number of hydrogen-bond donors (Lipinski definition) is 1. The second kappa shape index (κ2) is 11.0. The van der Waals surface area contributed by atoms with Crippen LogP contribution in [0.1, 0.15) is 10.4 Å². The number of ether oxygens (including phenoxy) is 1. The van der Waals surface area contributed by atoms with Crippen molar-refractivity contribution in [2.24, 2.45) is 0 Å². The highest BCUT2D eigenvalue weighted by Gasteiger charge is 2.36. The first kappa shape index (κ1) is 26.3. The predicted octanol–water partition coefficient (Wildman–Crippen LogP) is 1.80. The van der Waals surface area contributed by atoms with Gasteiger partial charge in [-0.15, -0.1) is 0 Å². The minimum Gasteiger partial charge on any atom is -0.741 e. The maximum Gasteiger partial charge on any atom is 0.485 e. The molecule has 1 amide bonds. The molecule has 180 valence electrons. The topological polar surface area (TPSA) is 108 Å². The summed E-state index contributed by atoms with van der Waals surface area (Å²) in [6.07, 6.45) is 0. The highest BCUT2D eigenvalue weighted by atomic mass is 127. The Hall–Kier alpha value is -2.27. The van der Waals surface area contributed by atoms with Gasteiger partial charge in [-0.25, -0.2) is 13.4 Å². The summed E-state index contributed by atoms with van der Waals surface area (Å²) >= 11 is 2.97. The molecular formula is C20H14F3IN2O5S3. The summed E-state index contributed by atoms with van der Waals surface area (Å²) in [5, 5.41) is 5.60. The van der Waals surface area contributed by atoms with Crippen LogP contribution in [0, 0.1) is 6.45 Å². The van der Waals surface area contributed by atoms with Crippen LogP contribution in [-0.2, 0) is 10.1 Å². The van der Waals surface area contributed by atoms with Crippen LogP contribution in [0.3, 0.4) is 0 Å². The average Bonchev–Trinajstić information content (AvgIpc) is 3.41. The van der Waals surface area contributed by atoms with Gasteiger partial charge in [-0.1, -0.05) is 28.7 Å². The Bertz CT molecular complexity index is 1390. The van der Waals surface area contributed by atoms with E-state index in [4.69, 9.17) is 17.7 Å². The molecule has 0 atom stereocenters. The summed E-state index contributed by atoms with van der Waals surface area (Å²) in [6, 6.07) is 17.8. The zero-order valence-electron chi connectivity index (χ0n) is 17.0. The Morgan fingerprint density at radius 2 is 1.88 bits per heavy atom. The van der Waals surface area contributed by atoms with Crippen molar-refractivity contribution < 1.29 is 56.9 Å².